The van der Waals surface area contributed by atoms with Gasteiger partial charge in [-0.2, -0.15) is 0 Å². The molecule has 0 unspecified atom stereocenters. The van der Waals surface area contributed by atoms with Gasteiger partial charge in [0.25, 0.3) is 0 Å². The number of nitrogens with zero attached hydrogens (tertiary/aromatic N) is 2. The fraction of sp³-hybridized carbons (Fsp3) is 0.333. The third-order valence-electron chi connectivity index (χ3n) is 3.06. The van der Waals surface area contributed by atoms with Crippen LogP contribution in [0.4, 0.5) is 0 Å². The minimum absolute atomic E-state index is 0.783. The molecule has 2 aromatic heterocycles. The van der Waals surface area contributed by atoms with Crippen LogP contribution in [0.5, 0.6) is 0 Å². The smallest absolute Gasteiger partial charge is 0.177 e. The van der Waals surface area contributed by atoms with Crippen molar-refractivity contribution in [3.63, 3.8) is 0 Å². The van der Waals surface area contributed by atoms with Gasteiger partial charge in [-0.1, -0.05) is 6.07 Å². The average Bonchev–Trinajstić information content (AvgIpc) is 2.84. The van der Waals surface area contributed by atoms with Gasteiger partial charge in [0.05, 0.1) is 12.2 Å². The van der Waals surface area contributed by atoms with E-state index in [0.717, 1.165) is 29.9 Å². The molecule has 0 saturated carbocycles. The van der Waals surface area contributed by atoms with Crippen molar-refractivity contribution in [3.05, 3.63) is 46.2 Å². The molecule has 0 radical (unpaired) electrons. The molecule has 0 atom stereocenters. The van der Waals surface area contributed by atoms with Gasteiger partial charge < -0.3 is 9.55 Å². The quantitative estimate of drug-likeness (QED) is 0.806. The van der Waals surface area contributed by atoms with Crippen LogP contribution in [0.25, 0.3) is 0 Å². The summed E-state index contributed by atoms with van der Waals surface area (Å²) in [6, 6.07) is 5.99. The van der Waals surface area contributed by atoms with E-state index < -0.39 is 0 Å². The summed E-state index contributed by atoms with van der Waals surface area (Å²) in [5.41, 5.74) is 3.75. The first-order chi connectivity index (χ1) is 7.84. The maximum absolute atomic E-state index is 5.34. The molecule has 4 heteroatoms. The van der Waals surface area contributed by atoms with Gasteiger partial charge in [0.2, 0.25) is 0 Å². The number of aryl methyl sites for hydroxylation is 1. The molecule has 0 aromatic carbocycles. The number of imidazole rings is 1. The van der Waals surface area contributed by atoms with Crippen molar-refractivity contribution in [3.8, 4) is 0 Å². The molecule has 82 valence electrons. The predicted octanol–water partition coefficient (Wildman–Crippen LogP) is 2.48. The molecule has 0 aliphatic heterocycles. The SMILES string of the molecule is S=c1[nH]c2c(n1Cc1ccccn1)CCC2. The van der Waals surface area contributed by atoms with Crippen molar-refractivity contribution in [1.29, 1.82) is 0 Å². The summed E-state index contributed by atoms with van der Waals surface area (Å²) >= 11 is 5.34. The lowest BCUT2D eigenvalue weighted by Gasteiger charge is -2.05. The number of fused-ring (bicyclic) bond motifs is 1. The summed E-state index contributed by atoms with van der Waals surface area (Å²) in [6.45, 7) is 0.783. The molecule has 3 nitrogen and oxygen atoms in total. The van der Waals surface area contributed by atoms with Gasteiger partial charge in [0.15, 0.2) is 4.77 Å². The summed E-state index contributed by atoms with van der Waals surface area (Å²) in [7, 11) is 0. The summed E-state index contributed by atoms with van der Waals surface area (Å²) in [6.07, 6.45) is 5.33. The van der Waals surface area contributed by atoms with E-state index in [9.17, 15) is 0 Å². The molecule has 3 rings (SSSR count). The number of nitrogens with one attached hydrogen (secondary N) is 1. The van der Waals surface area contributed by atoms with Crippen LogP contribution in [-0.4, -0.2) is 14.5 Å². The van der Waals surface area contributed by atoms with E-state index in [-0.39, 0.29) is 0 Å². The number of rotatable bonds is 2. The summed E-state index contributed by atoms with van der Waals surface area (Å²) in [5, 5.41) is 0. The fourth-order valence-electron chi connectivity index (χ4n) is 2.30. The van der Waals surface area contributed by atoms with Crippen LogP contribution in [0, 0.1) is 4.77 Å². The minimum atomic E-state index is 0.783. The lowest BCUT2D eigenvalue weighted by molar-refractivity contribution is 0.708. The Morgan fingerprint density at radius 2 is 2.31 bits per heavy atom. The second-order valence-corrected chi connectivity index (χ2v) is 4.50. The Balaban J connectivity index is 1.99. The van der Waals surface area contributed by atoms with Crippen molar-refractivity contribution in [1.82, 2.24) is 14.5 Å². The molecule has 1 aliphatic carbocycles. The predicted molar refractivity (Wildman–Crippen MR) is 65.0 cm³/mol. The largest absolute Gasteiger partial charge is 0.334 e. The third kappa shape index (κ3) is 1.59. The average molecular weight is 231 g/mol. The topological polar surface area (TPSA) is 33.6 Å². The Kier molecular flexibility index (Phi) is 2.36. The Labute approximate surface area is 99.2 Å². The molecule has 0 bridgehead atoms. The maximum atomic E-state index is 5.34. The van der Waals surface area contributed by atoms with Gasteiger partial charge in [0, 0.05) is 17.6 Å². The summed E-state index contributed by atoms with van der Waals surface area (Å²) in [4.78, 5) is 7.63. The maximum Gasteiger partial charge on any atom is 0.177 e. The van der Waals surface area contributed by atoms with Gasteiger partial charge in [-0.15, -0.1) is 0 Å². The van der Waals surface area contributed by atoms with Crippen molar-refractivity contribution >= 4 is 12.2 Å². The van der Waals surface area contributed by atoms with Gasteiger partial charge in [-0.05, 0) is 43.6 Å². The van der Waals surface area contributed by atoms with E-state index in [1.807, 2.05) is 24.4 Å². The zero-order valence-electron chi connectivity index (χ0n) is 8.94. The van der Waals surface area contributed by atoms with Crippen molar-refractivity contribution < 1.29 is 0 Å². The number of aromatic amines is 1. The zero-order valence-corrected chi connectivity index (χ0v) is 9.76. The van der Waals surface area contributed by atoms with Gasteiger partial charge in [0.1, 0.15) is 0 Å². The van der Waals surface area contributed by atoms with Crippen LogP contribution >= 0.6 is 12.2 Å². The fourth-order valence-corrected chi connectivity index (χ4v) is 2.60. The van der Waals surface area contributed by atoms with Crippen LogP contribution in [0.3, 0.4) is 0 Å². The van der Waals surface area contributed by atoms with Gasteiger partial charge in [-0.3, -0.25) is 4.98 Å². The number of hydrogen-bond donors (Lipinski definition) is 1. The first-order valence-electron chi connectivity index (χ1n) is 5.55. The minimum Gasteiger partial charge on any atom is -0.334 e. The lowest BCUT2D eigenvalue weighted by Crippen LogP contribution is -2.05. The molecule has 16 heavy (non-hydrogen) atoms. The van der Waals surface area contributed by atoms with E-state index in [1.165, 1.54) is 17.8 Å². The lowest BCUT2D eigenvalue weighted by atomic mass is 10.3. The molecule has 0 spiro atoms. The first kappa shape index (κ1) is 9.78. The molecule has 2 heterocycles. The van der Waals surface area contributed by atoms with Crippen molar-refractivity contribution in [2.75, 3.05) is 0 Å². The van der Waals surface area contributed by atoms with Crippen molar-refractivity contribution in [2.45, 2.75) is 25.8 Å². The molecular formula is C12H13N3S. The second-order valence-electron chi connectivity index (χ2n) is 4.12. The van der Waals surface area contributed by atoms with E-state index >= 15 is 0 Å². The van der Waals surface area contributed by atoms with E-state index in [2.05, 4.69) is 14.5 Å². The number of aromatic nitrogens is 3. The Morgan fingerprint density at radius 1 is 1.38 bits per heavy atom. The second kappa shape index (κ2) is 3.87. The number of H-pyrrole nitrogens is 1. The molecular weight excluding hydrogens is 218 g/mol. The third-order valence-corrected chi connectivity index (χ3v) is 3.39. The van der Waals surface area contributed by atoms with Crippen LogP contribution in [0.1, 0.15) is 23.5 Å². The Morgan fingerprint density at radius 3 is 3.12 bits per heavy atom. The standard InChI is InChI=1S/C12H13N3S/c16-12-14-10-5-3-6-11(10)15(12)8-9-4-1-2-7-13-9/h1-2,4,7H,3,5-6,8H2,(H,14,16). The van der Waals surface area contributed by atoms with Gasteiger partial charge in [-0.25, -0.2) is 0 Å². The normalized spacial score (nSPS) is 14.0. The molecule has 2 aromatic rings. The molecule has 1 aliphatic rings. The molecule has 0 amide bonds. The van der Waals surface area contributed by atoms with Crippen LogP contribution < -0.4 is 0 Å². The van der Waals surface area contributed by atoms with E-state index in [4.69, 9.17) is 12.2 Å². The zero-order chi connectivity index (χ0) is 11.0. The van der Waals surface area contributed by atoms with E-state index in [1.54, 1.807) is 0 Å². The molecule has 1 N–H and O–H groups in total. The van der Waals surface area contributed by atoms with Crippen LogP contribution in [0.15, 0.2) is 24.4 Å². The highest BCUT2D eigenvalue weighted by molar-refractivity contribution is 7.71. The van der Waals surface area contributed by atoms with E-state index in [0.29, 0.717) is 0 Å². The number of pyridine rings is 1. The highest BCUT2D eigenvalue weighted by atomic mass is 32.1. The Hall–Kier alpha value is -1.42. The number of hydrogen-bond acceptors (Lipinski definition) is 2. The van der Waals surface area contributed by atoms with Gasteiger partial charge >= 0.3 is 0 Å². The van der Waals surface area contributed by atoms with Crippen molar-refractivity contribution in [2.24, 2.45) is 0 Å². The van der Waals surface area contributed by atoms with Crippen LogP contribution in [-0.2, 0) is 19.4 Å². The Bertz CT molecular complexity index is 553. The first-order valence-corrected chi connectivity index (χ1v) is 5.96. The molecule has 0 fully saturated rings. The highest BCUT2D eigenvalue weighted by Gasteiger charge is 2.17. The molecule has 0 saturated heterocycles. The summed E-state index contributed by atoms with van der Waals surface area (Å²) < 4.78 is 3.01. The highest BCUT2D eigenvalue weighted by Crippen LogP contribution is 2.21. The summed E-state index contributed by atoms with van der Waals surface area (Å²) in [5.74, 6) is 0. The monoisotopic (exact) mass is 231 g/mol. The van der Waals surface area contributed by atoms with Crippen LogP contribution in [0.2, 0.25) is 0 Å².